The highest BCUT2D eigenvalue weighted by Gasteiger charge is 2.22. The van der Waals surface area contributed by atoms with Gasteiger partial charge < -0.3 is 9.88 Å². The molecule has 4 aromatic rings. The highest BCUT2D eigenvalue weighted by Crippen LogP contribution is 2.31. The molecule has 2 aromatic heterocycles. The van der Waals surface area contributed by atoms with E-state index in [1.807, 2.05) is 54.7 Å². The van der Waals surface area contributed by atoms with Crippen molar-refractivity contribution in [1.82, 2.24) is 19.7 Å². The van der Waals surface area contributed by atoms with Crippen molar-refractivity contribution in [3.8, 4) is 11.3 Å². The van der Waals surface area contributed by atoms with Gasteiger partial charge in [-0.1, -0.05) is 48.5 Å². The number of nitrogens with zero attached hydrogens (tertiary/aromatic N) is 3. The minimum absolute atomic E-state index is 0.105. The highest BCUT2D eigenvalue weighted by atomic mass is 16.2. The number of benzene rings is 2. The van der Waals surface area contributed by atoms with Crippen LogP contribution in [0.3, 0.4) is 0 Å². The molecule has 0 radical (unpaired) electrons. The van der Waals surface area contributed by atoms with Crippen LogP contribution in [0.2, 0.25) is 0 Å². The van der Waals surface area contributed by atoms with E-state index in [1.54, 1.807) is 4.68 Å². The maximum Gasteiger partial charge on any atom is 0.227 e. The molecule has 5 nitrogen and oxygen atoms in total. The lowest BCUT2D eigenvalue weighted by Crippen LogP contribution is -2.37. The van der Waals surface area contributed by atoms with Gasteiger partial charge in [-0.2, -0.15) is 5.10 Å². The fourth-order valence-corrected chi connectivity index (χ4v) is 3.80. The normalized spacial score (nSPS) is 11.3. The summed E-state index contributed by atoms with van der Waals surface area (Å²) in [6.07, 6.45) is 4.14. The first-order chi connectivity index (χ1) is 14.0. The Hall–Kier alpha value is -3.34. The average Bonchev–Trinajstić information content (AvgIpc) is 3.30. The van der Waals surface area contributed by atoms with Gasteiger partial charge in [0.25, 0.3) is 0 Å². The summed E-state index contributed by atoms with van der Waals surface area (Å²) in [7, 11) is 1.89. The van der Waals surface area contributed by atoms with E-state index in [-0.39, 0.29) is 11.9 Å². The van der Waals surface area contributed by atoms with E-state index in [9.17, 15) is 4.79 Å². The molecule has 1 amide bonds. The molecule has 0 atom stereocenters. The Labute approximate surface area is 171 Å². The number of carbonyl (C=O) groups is 1. The van der Waals surface area contributed by atoms with Crippen LogP contribution in [-0.4, -0.2) is 31.6 Å². The van der Waals surface area contributed by atoms with Gasteiger partial charge in [0.15, 0.2) is 0 Å². The predicted octanol–water partition coefficient (Wildman–Crippen LogP) is 4.55. The van der Waals surface area contributed by atoms with Gasteiger partial charge in [0.2, 0.25) is 5.91 Å². The maximum absolute atomic E-state index is 13.4. The Kier molecular flexibility index (Phi) is 5.21. The minimum Gasteiger partial charge on any atom is -0.354 e. The van der Waals surface area contributed by atoms with Gasteiger partial charge in [-0.05, 0) is 31.0 Å². The van der Waals surface area contributed by atoms with Crippen molar-refractivity contribution in [2.75, 3.05) is 0 Å². The molecule has 0 spiro atoms. The van der Waals surface area contributed by atoms with Crippen LogP contribution in [0.4, 0.5) is 0 Å². The van der Waals surface area contributed by atoms with Crippen molar-refractivity contribution in [3.05, 3.63) is 78.1 Å². The highest BCUT2D eigenvalue weighted by molar-refractivity contribution is 5.95. The number of H-pyrrole nitrogens is 1. The summed E-state index contributed by atoms with van der Waals surface area (Å²) in [6.45, 7) is 4.68. The lowest BCUT2D eigenvalue weighted by Gasteiger charge is -2.26. The molecule has 0 saturated carbocycles. The van der Waals surface area contributed by atoms with E-state index in [1.165, 1.54) is 0 Å². The first-order valence-electron chi connectivity index (χ1n) is 9.95. The molecular formula is C24H26N4O. The number of fused-ring (bicyclic) bond motifs is 1. The van der Waals surface area contributed by atoms with Crippen LogP contribution in [0.25, 0.3) is 22.2 Å². The summed E-state index contributed by atoms with van der Waals surface area (Å²) in [5.41, 5.74) is 5.25. The van der Waals surface area contributed by atoms with Crippen LogP contribution in [0.5, 0.6) is 0 Å². The molecule has 148 valence electrons. The molecule has 0 bridgehead atoms. The quantitative estimate of drug-likeness (QED) is 0.529. The molecule has 2 aromatic carbocycles. The largest absolute Gasteiger partial charge is 0.354 e. The van der Waals surface area contributed by atoms with Crippen LogP contribution in [0.1, 0.15) is 25.0 Å². The molecule has 1 N–H and O–H groups in total. The molecule has 0 aliphatic rings. The zero-order valence-electron chi connectivity index (χ0n) is 17.1. The Balaban J connectivity index is 1.69. The fraction of sp³-hybridized carbons (Fsp3) is 0.250. The Morgan fingerprint density at radius 1 is 1.10 bits per heavy atom. The summed E-state index contributed by atoms with van der Waals surface area (Å²) in [5.74, 6) is 0.116. The van der Waals surface area contributed by atoms with Gasteiger partial charge in [0, 0.05) is 42.3 Å². The number of aromatic amines is 1. The van der Waals surface area contributed by atoms with Crippen LogP contribution in [0, 0.1) is 0 Å². The topological polar surface area (TPSA) is 53.9 Å². The monoisotopic (exact) mass is 386 g/mol. The second-order valence-electron chi connectivity index (χ2n) is 7.70. The third kappa shape index (κ3) is 3.94. The van der Waals surface area contributed by atoms with Crippen LogP contribution in [0.15, 0.2) is 67.0 Å². The van der Waals surface area contributed by atoms with Crippen LogP contribution >= 0.6 is 0 Å². The molecule has 0 aliphatic carbocycles. The molecule has 29 heavy (non-hydrogen) atoms. The van der Waals surface area contributed by atoms with E-state index < -0.39 is 0 Å². The zero-order chi connectivity index (χ0) is 20.4. The van der Waals surface area contributed by atoms with Crippen molar-refractivity contribution in [3.63, 3.8) is 0 Å². The maximum atomic E-state index is 13.4. The lowest BCUT2D eigenvalue weighted by atomic mass is 10.0. The molecule has 0 fully saturated rings. The first-order valence-corrected chi connectivity index (χ1v) is 9.95. The molecular weight excluding hydrogens is 360 g/mol. The van der Waals surface area contributed by atoms with Crippen molar-refractivity contribution < 1.29 is 4.79 Å². The van der Waals surface area contributed by atoms with E-state index >= 15 is 0 Å². The van der Waals surface area contributed by atoms with Gasteiger partial charge in [0.05, 0.1) is 18.3 Å². The van der Waals surface area contributed by atoms with Crippen molar-refractivity contribution in [2.24, 2.45) is 7.05 Å². The lowest BCUT2D eigenvalue weighted by molar-refractivity contribution is -0.132. The third-order valence-corrected chi connectivity index (χ3v) is 5.26. The van der Waals surface area contributed by atoms with Crippen LogP contribution < -0.4 is 0 Å². The summed E-state index contributed by atoms with van der Waals surface area (Å²) in [6, 6.07) is 18.5. The Morgan fingerprint density at radius 2 is 1.83 bits per heavy atom. The molecule has 4 rings (SSSR count). The van der Waals surface area contributed by atoms with Crippen molar-refractivity contribution in [2.45, 2.75) is 32.9 Å². The Morgan fingerprint density at radius 3 is 2.52 bits per heavy atom. The number of carbonyl (C=O) groups excluding carboxylic acids is 1. The number of hydrogen-bond donors (Lipinski definition) is 1. The second-order valence-corrected chi connectivity index (χ2v) is 7.70. The van der Waals surface area contributed by atoms with Gasteiger partial charge in [-0.3, -0.25) is 9.48 Å². The summed E-state index contributed by atoms with van der Waals surface area (Å²) in [4.78, 5) is 18.8. The van der Waals surface area contributed by atoms with E-state index in [0.29, 0.717) is 13.0 Å². The smallest absolute Gasteiger partial charge is 0.227 e. The predicted molar refractivity (Wildman–Crippen MR) is 116 cm³/mol. The number of nitrogens with one attached hydrogen (secondary N) is 1. The van der Waals surface area contributed by atoms with Crippen LogP contribution in [-0.2, 0) is 24.8 Å². The SMILES string of the molecule is CC(C)N(Cc1cnn(C)c1)C(=O)Cc1c(-c2ccccc2)[nH]c2ccccc12. The van der Waals surface area contributed by atoms with Gasteiger partial charge >= 0.3 is 0 Å². The summed E-state index contributed by atoms with van der Waals surface area (Å²) >= 11 is 0. The summed E-state index contributed by atoms with van der Waals surface area (Å²) in [5, 5.41) is 5.33. The zero-order valence-corrected chi connectivity index (χ0v) is 17.1. The van der Waals surface area contributed by atoms with Gasteiger partial charge in [0.1, 0.15) is 0 Å². The number of aromatic nitrogens is 3. The molecule has 0 saturated heterocycles. The Bertz CT molecular complexity index is 1120. The average molecular weight is 386 g/mol. The molecule has 0 aliphatic heterocycles. The number of rotatable bonds is 6. The van der Waals surface area contributed by atoms with Gasteiger partial charge in [-0.15, -0.1) is 0 Å². The van der Waals surface area contributed by atoms with Gasteiger partial charge in [-0.25, -0.2) is 0 Å². The summed E-state index contributed by atoms with van der Waals surface area (Å²) < 4.78 is 1.77. The fourth-order valence-electron chi connectivity index (χ4n) is 3.80. The number of aryl methyl sites for hydroxylation is 1. The third-order valence-electron chi connectivity index (χ3n) is 5.26. The number of amides is 1. The standard InChI is InChI=1S/C24H26N4O/c1-17(2)28(16-18-14-25-27(3)15-18)23(29)13-21-20-11-7-8-12-22(20)26-24(21)19-9-5-4-6-10-19/h4-12,14-15,17,26H,13,16H2,1-3H3. The second kappa shape index (κ2) is 7.95. The molecule has 2 heterocycles. The van der Waals surface area contributed by atoms with Crippen molar-refractivity contribution in [1.29, 1.82) is 0 Å². The van der Waals surface area contributed by atoms with E-state index in [0.717, 1.165) is 33.3 Å². The first kappa shape index (κ1) is 19.0. The molecule has 0 unspecified atom stereocenters. The van der Waals surface area contributed by atoms with E-state index in [2.05, 4.69) is 48.2 Å². The molecule has 5 heteroatoms. The number of hydrogen-bond acceptors (Lipinski definition) is 2. The number of para-hydroxylation sites is 1. The minimum atomic E-state index is 0.105. The van der Waals surface area contributed by atoms with E-state index in [4.69, 9.17) is 0 Å². The van der Waals surface area contributed by atoms with Crippen molar-refractivity contribution >= 4 is 16.8 Å².